The van der Waals surface area contributed by atoms with Crippen molar-refractivity contribution in [3.63, 3.8) is 0 Å². The first-order valence-electron chi connectivity index (χ1n) is 11.4. The van der Waals surface area contributed by atoms with E-state index in [4.69, 9.17) is 13.9 Å². The molecule has 2 aromatic heterocycles. The molecule has 0 saturated carbocycles. The lowest BCUT2D eigenvalue weighted by Gasteiger charge is -2.26. The Morgan fingerprint density at radius 2 is 1.94 bits per heavy atom. The van der Waals surface area contributed by atoms with E-state index in [2.05, 4.69) is 10.2 Å². The minimum Gasteiger partial charge on any atom is -0.497 e. The van der Waals surface area contributed by atoms with Crippen molar-refractivity contribution in [2.75, 3.05) is 26.5 Å². The fourth-order valence-corrected chi connectivity index (χ4v) is 5.27. The van der Waals surface area contributed by atoms with Crippen LogP contribution in [0.5, 0.6) is 11.5 Å². The van der Waals surface area contributed by atoms with Gasteiger partial charge in [0.2, 0.25) is 11.7 Å². The van der Waals surface area contributed by atoms with Crippen LogP contribution in [0.15, 0.2) is 76.5 Å². The van der Waals surface area contributed by atoms with Crippen LogP contribution in [-0.4, -0.2) is 52.1 Å². The molecule has 2 aromatic carbocycles. The molecule has 1 aliphatic heterocycles. The average molecular weight is 491 g/mol. The highest BCUT2D eigenvalue weighted by Crippen LogP contribution is 2.39. The van der Waals surface area contributed by atoms with Crippen molar-refractivity contribution in [1.29, 1.82) is 0 Å². The van der Waals surface area contributed by atoms with Gasteiger partial charge in [-0.2, -0.15) is 0 Å². The molecule has 180 valence electrons. The molecular weight excluding hydrogens is 464 g/mol. The number of hydrogen-bond acceptors (Lipinski definition) is 7. The van der Waals surface area contributed by atoms with Gasteiger partial charge in [-0.15, -0.1) is 10.2 Å². The van der Waals surface area contributed by atoms with Crippen LogP contribution in [0.3, 0.4) is 0 Å². The predicted molar refractivity (Wildman–Crippen MR) is 133 cm³/mol. The fourth-order valence-electron chi connectivity index (χ4n) is 4.44. The summed E-state index contributed by atoms with van der Waals surface area (Å²) in [6.45, 7) is 0.702. The third-order valence-corrected chi connectivity index (χ3v) is 7.00. The van der Waals surface area contributed by atoms with Gasteiger partial charge >= 0.3 is 0 Å². The molecule has 3 heterocycles. The molecule has 1 fully saturated rings. The Morgan fingerprint density at radius 3 is 2.69 bits per heavy atom. The summed E-state index contributed by atoms with van der Waals surface area (Å²) >= 11 is 1.37. The van der Waals surface area contributed by atoms with Crippen LogP contribution in [-0.2, 0) is 4.79 Å². The summed E-state index contributed by atoms with van der Waals surface area (Å²) in [6, 6.07) is 19.2. The van der Waals surface area contributed by atoms with Gasteiger partial charge in [-0.05, 0) is 55.3 Å². The summed E-state index contributed by atoms with van der Waals surface area (Å²) in [5.74, 6) is 3.00. The number of para-hydroxylation sites is 1. The molecule has 1 amide bonds. The van der Waals surface area contributed by atoms with E-state index in [1.54, 1.807) is 20.5 Å². The lowest BCUT2D eigenvalue weighted by Crippen LogP contribution is -2.32. The minimum absolute atomic E-state index is 0.0459. The second-order valence-electron chi connectivity index (χ2n) is 8.10. The van der Waals surface area contributed by atoms with E-state index in [0.29, 0.717) is 23.3 Å². The summed E-state index contributed by atoms with van der Waals surface area (Å²) < 4.78 is 18.5. The fraction of sp³-hybridized carbons (Fsp3) is 0.269. The van der Waals surface area contributed by atoms with Crippen molar-refractivity contribution < 1.29 is 18.7 Å². The van der Waals surface area contributed by atoms with Gasteiger partial charge in [-0.25, -0.2) is 0 Å². The van der Waals surface area contributed by atoms with Gasteiger partial charge in [0.05, 0.1) is 32.3 Å². The summed E-state index contributed by atoms with van der Waals surface area (Å²) in [5.41, 5.74) is 1.87. The molecule has 0 bridgehead atoms. The zero-order valence-electron chi connectivity index (χ0n) is 19.6. The topological polar surface area (TPSA) is 82.6 Å². The zero-order valence-corrected chi connectivity index (χ0v) is 20.4. The molecule has 0 aliphatic carbocycles. The normalized spacial score (nSPS) is 15.4. The number of carbonyl (C=O) groups is 1. The van der Waals surface area contributed by atoms with Crippen LogP contribution in [0.4, 0.5) is 0 Å². The molecule has 1 aliphatic rings. The summed E-state index contributed by atoms with van der Waals surface area (Å²) in [6.07, 6.45) is 3.42. The second-order valence-corrected chi connectivity index (χ2v) is 9.04. The van der Waals surface area contributed by atoms with Crippen molar-refractivity contribution in [3.8, 4) is 28.8 Å². The number of thioether (sulfide) groups is 1. The summed E-state index contributed by atoms with van der Waals surface area (Å²) in [4.78, 5) is 15.3. The number of benzene rings is 2. The molecular formula is C26H26N4O4S. The number of nitrogens with zero attached hydrogens (tertiary/aromatic N) is 4. The number of likely N-dealkylation sites (tertiary alicyclic amines) is 1. The molecule has 0 spiro atoms. The van der Waals surface area contributed by atoms with Crippen molar-refractivity contribution in [1.82, 2.24) is 19.7 Å². The molecule has 1 atom stereocenters. The van der Waals surface area contributed by atoms with Crippen LogP contribution < -0.4 is 9.47 Å². The summed E-state index contributed by atoms with van der Waals surface area (Å²) in [5, 5.41) is 9.37. The van der Waals surface area contributed by atoms with E-state index in [-0.39, 0.29) is 17.7 Å². The Kier molecular flexibility index (Phi) is 6.76. The number of aromatic nitrogens is 3. The molecule has 1 saturated heterocycles. The number of amides is 1. The molecule has 0 N–H and O–H groups in total. The van der Waals surface area contributed by atoms with Crippen LogP contribution in [0.2, 0.25) is 0 Å². The van der Waals surface area contributed by atoms with Crippen molar-refractivity contribution in [3.05, 3.63) is 72.5 Å². The minimum atomic E-state index is -0.0566. The Morgan fingerprint density at radius 1 is 1.09 bits per heavy atom. The Labute approximate surface area is 207 Å². The van der Waals surface area contributed by atoms with Gasteiger partial charge < -0.3 is 18.8 Å². The van der Waals surface area contributed by atoms with Crippen LogP contribution in [0, 0.1) is 0 Å². The van der Waals surface area contributed by atoms with Gasteiger partial charge in [-0.1, -0.05) is 30.0 Å². The standard InChI is InChI=1S/C26H26N4O4S/c1-32-19-12-13-22(33-2)20(16-19)21-10-6-14-29(21)24(31)17-35-26-28-27-25(23-11-7-15-34-23)30(26)18-8-4-3-5-9-18/h3-5,7-9,11-13,15-16,21H,6,10,14,17H2,1-2H3/t21-/m1/s1. The largest absolute Gasteiger partial charge is 0.497 e. The first-order chi connectivity index (χ1) is 17.2. The molecule has 8 nitrogen and oxygen atoms in total. The van der Waals surface area contributed by atoms with Crippen molar-refractivity contribution >= 4 is 17.7 Å². The number of carbonyl (C=O) groups excluding carboxylic acids is 1. The van der Waals surface area contributed by atoms with Gasteiger partial charge in [0.1, 0.15) is 11.5 Å². The number of hydrogen-bond donors (Lipinski definition) is 0. The molecule has 35 heavy (non-hydrogen) atoms. The van der Waals surface area contributed by atoms with E-state index in [0.717, 1.165) is 35.6 Å². The first-order valence-corrected chi connectivity index (χ1v) is 12.4. The van der Waals surface area contributed by atoms with Gasteiger partial charge in [-0.3, -0.25) is 9.36 Å². The van der Waals surface area contributed by atoms with Crippen LogP contribution in [0.1, 0.15) is 24.4 Å². The number of methoxy groups -OCH3 is 2. The zero-order chi connectivity index (χ0) is 24.2. The van der Waals surface area contributed by atoms with E-state index in [1.165, 1.54) is 11.8 Å². The first kappa shape index (κ1) is 23.0. The van der Waals surface area contributed by atoms with Crippen LogP contribution in [0.25, 0.3) is 17.3 Å². The molecule has 9 heteroatoms. The number of ether oxygens (including phenoxy) is 2. The number of furan rings is 1. The maximum absolute atomic E-state index is 13.4. The Balaban J connectivity index is 1.38. The average Bonchev–Trinajstić information content (AvgIpc) is 3.67. The maximum atomic E-state index is 13.4. The Bertz CT molecular complexity index is 1290. The lowest BCUT2D eigenvalue weighted by atomic mass is 10.0. The second kappa shape index (κ2) is 10.3. The summed E-state index contributed by atoms with van der Waals surface area (Å²) in [7, 11) is 3.29. The van der Waals surface area contributed by atoms with Gasteiger partial charge in [0, 0.05) is 17.8 Å². The van der Waals surface area contributed by atoms with Crippen molar-refractivity contribution in [2.45, 2.75) is 24.0 Å². The smallest absolute Gasteiger partial charge is 0.233 e. The monoisotopic (exact) mass is 490 g/mol. The molecule has 5 rings (SSSR count). The van der Waals surface area contributed by atoms with Crippen molar-refractivity contribution in [2.24, 2.45) is 0 Å². The SMILES string of the molecule is COc1ccc(OC)c([C@H]2CCCN2C(=O)CSc2nnc(-c3ccco3)n2-c2ccccc2)c1. The molecule has 0 radical (unpaired) electrons. The Hall–Kier alpha value is -3.72. The van der Waals surface area contributed by atoms with E-state index in [9.17, 15) is 4.79 Å². The van der Waals surface area contributed by atoms with E-state index in [1.807, 2.05) is 70.1 Å². The highest BCUT2D eigenvalue weighted by atomic mass is 32.2. The number of rotatable bonds is 8. The van der Waals surface area contributed by atoms with Crippen LogP contribution >= 0.6 is 11.8 Å². The van der Waals surface area contributed by atoms with E-state index >= 15 is 0 Å². The molecule has 4 aromatic rings. The highest BCUT2D eigenvalue weighted by Gasteiger charge is 2.32. The quantitative estimate of drug-likeness (QED) is 0.322. The van der Waals surface area contributed by atoms with E-state index < -0.39 is 0 Å². The maximum Gasteiger partial charge on any atom is 0.233 e. The molecule has 0 unspecified atom stereocenters. The third kappa shape index (κ3) is 4.64. The highest BCUT2D eigenvalue weighted by molar-refractivity contribution is 7.99. The van der Waals surface area contributed by atoms with Gasteiger partial charge in [0.25, 0.3) is 0 Å². The third-order valence-electron chi connectivity index (χ3n) is 6.08. The van der Waals surface area contributed by atoms with Gasteiger partial charge in [0.15, 0.2) is 10.9 Å². The predicted octanol–water partition coefficient (Wildman–Crippen LogP) is 5.00. The lowest BCUT2D eigenvalue weighted by molar-refractivity contribution is -0.129.